The quantitative estimate of drug-likeness (QED) is 0.403. The van der Waals surface area contributed by atoms with E-state index in [4.69, 9.17) is 11.6 Å². The Kier molecular flexibility index (Phi) is 7.80. The van der Waals surface area contributed by atoms with E-state index in [2.05, 4.69) is 21.2 Å². The second kappa shape index (κ2) is 11.0. The fourth-order valence-electron chi connectivity index (χ4n) is 4.18. The number of halogens is 2. The average molecular weight is 473 g/mol. The van der Waals surface area contributed by atoms with Crippen molar-refractivity contribution in [2.24, 2.45) is 0 Å². The van der Waals surface area contributed by atoms with Gasteiger partial charge in [0.05, 0.1) is 17.3 Å². The van der Waals surface area contributed by atoms with Gasteiger partial charge in [-0.1, -0.05) is 36.6 Å². The number of benzene rings is 1. The van der Waals surface area contributed by atoms with Crippen LogP contribution in [0.25, 0.3) is 5.65 Å². The molecular formula is C24H30ClFN6O. The fraction of sp³-hybridized carbons (Fsp3) is 0.417. The van der Waals surface area contributed by atoms with Crippen molar-refractivity contribution in [3.8, 4) is 0 Å². The van der Waals surface area contributed by atoms with E-state index in [1.165, 1.54) is 6.07 Å². The van der Waals surface area contributed by atoms with E-state index >= 15 is 0 Å². The van der Waals surface area contributed by atoms with Gasteiger partial charge in [0.25, 0.3) is 0 Å². The van der Waals surface area contributed by atoms with Gasteiger partial charge < -0.3 is 14.6 Å². The first-order valence-corrected chi connectivity index (χ1v) is 11.7. The van der Waals surface area contributed by atoms with Crippen molar-refractivity contribution in [3.05, 3.63) is 70.9 Å². The lowest BCUT2D eigenvalue weighted by Crippen LogP contribution is -2.37. The highest BCUT2D eigenvalue weighted by Gasteiger charge is 2.24. The molecule has 7 nitrogen and oxygen atoms in total. The molecule has 176 valence electrons. The highest BCUT2D eigenvalue weighted by Crippen LogP contribution is 2.25. The van der Waals surface area contributed by atoms with Crippen LogP contribution >= 0.6 is 11.6 Å². The summed E-state index contributed by atoms with van der Waals surface area (Å²) in [5, 5.41) is 3.56. The minimum absolute atomic E-state index is 0.107. The summed E-state index contributed by atoms with van der Waals surface area (Å²) in [6.45, 7) is 1.07. The highest BCUT2D eigenvalue weighted by molar-refractivity contribution is 6.30. The topological polar surface area (TPSA) is 73.7 Å². The molecule has 2 aromatic heterocycles. The standard InChI is InChI=1S/C24H30ClFN6O/c1-31(24(33)27-14-21-16-32-15-18(25)9-10-23(32)28-21)11-4-2-3-8-20-13-22(30-29-20)17-6-5-7-19(26)12-17/h5-7,9-10,12,15-16,20,22,29-30H,2-4,8,11,13-14H2,1H3,(H,27,33). The molecule has 1 fully saturated rings. The van der Waals surface area contributed by atoms with Gasteiger partial charge in [0, 0.05) is 38.1 Å². The number of nitrogens with zero attached hydrogens (tertiary/aromatic N) is 3. The van der Waals surface area contributed by atoms with E-state index in [9.17, 15) is 9.18 Å². The van der Waals surface area contributed by atoms with Crippen molar-refractivity contribution in [3.63, 3.8) is 0 Å². The molecule has 1 aromatic carbocycles. The predicted molar refractivity (Wildman–Crippen MR) is 127 cm³/mol. The number of amides is 2. The van der Waals surface area contributed by atoms with Crippen LogP contribution in [-0.4, -0.2) is 39.9 Å². The molecule has 0 saturated carbocycles. The Hall–Kier alpha value is -2.68. The van der Waals surface area contributed by atoms with Crippen LogP contribution in [0.4, 0.5) is 9.18 Å². The van der Waals surface area contributed by atoms with Gasteiger partial charge in [0.2, 0.25) is 0 Å². The van der Waals surface area contributed by atoms with Gasteiger partial charge >= 0.3 is 6.03 Å². The summed E-state index contributed by atoms with van der Waals surface area (Å²) < 4.78 is 15.3. The highest BCUT2D eigenvalue weighted by atomic mass is 35.5. The van der Waals surface area contributed by atoms with Gasteiger partial charge in [-0.05, 0) is 49.1 Å². The monoisotopic (exact) mass is 472 g/mol. The molecule has 3 N–H and O–H groups in total. The molecule has 0 bridgehead atoms. The molecule has 0 radical (unpaired) electrons. The SMILES string of the molecule is CN(CCCCCC1CC(c2cccc(F)c2)NN1)C(=O)NCc1cn2cc(Cl)ccc2n1. The zero-order valence-electron chi connectivity index (χ0n) is 18.7. The van der Waals surface area contributed by atoms with Gasteiger partial charge in [-0.2, -0.15) is 0 Å². The number of carbonyl (C=O) groups excluding carboxylic acids is 1. The first kappa shape index (κ1) is 23.5. The Morgan fingerprint density at radius 2 is 2.12 bits per heavy atom. The molecule has 2 atom stereocenters. The molecule has 2 amide bonds. The summed E-state index contributed by atoms with van der Waals surface area (Å²) in [5.41, 5.74) is 9.16. The summed E-state index contributed by atoms with van der Waals surface area (Å²) in [6, 6.07) is 10.8. The fourth-order valence-corrected chi connectivity index (χ4v) is 4.34. The van der Waals surface area contributed by atoms with Crippen LogP contribution in [0.1, 0.15) is 49.4 Å². The molecule has 33 heavy (non-hydrogen) atoms. The lowest BCUT2D eigenvalue weighted by Gasteiger charge is -2.17. The Labute approximate surface area is 198 Å². The third-order valence-corrected chi connectivity index (χ3v) is 6.23. The van der Waals surface area contributed by atoms with E-state index in [1.54, 1.807) is 29.3 Å². The van der Waals surface area contributed by atoms with Gasteiger partial charge in [-0.3, -0.25) is 10.9 Å². The second-order valence-electron chi connectivity index (χ2n) is 8.60. The zero-order valence-corrected chi connectivity index (χ0v) is 19.5. The number of urea groups is 1. The maximum absolute atomic E-state index is 13.4. The first-order valence-electron chi connectivity index (χ1n) is 11.4. The van der Waals surface area contributed by atoms with Crippen LogP contribution in [0, 0.1) is 5.82 Å². The normalized spacial score (nSPS) is 18.0. The Morgan fingerprint density at radius 1 is 1.24 bits per heavy atom. The zero-order chi connectivity index (χ0) is 23.2. The van der Waals surface area contributed by atoms with Crippen molar-refractivity contribution >= 4 is 23.3 Å². The van der Waals surface area contributed by atoms with Crippen LogP contribution in [-0.2, 0) is 6.54 Å². The van der Waals surface area contributed by atoms with Crippen LogP contribution in [0.2, 0.25) is 5.02 Å². The Bertz CT molecular complexity index is 1090. The maximum Gasteiger partial charge on any atom is 0.317 e. The second-order valence-corrected chi connectivity index (χ2v) is 9.04. The molecule has 1 saturated heterocycles. The van der Waals surface area contributed by atoms with Gasteiger partial charge in [0.15, 0.2) is 0 Å². The van der Waals surface area contributed by atoms with E-state index in [1.807, 2.05) is 29.8 Å². The predicted octanol–water partition coefficient (Wildman–Crippen LogP) is 4.44. The smallest absolute Gasteiger partial charge is 0.317 e. The van der Waals surface area contributed by atoms with Crippen molar-refractivity contribution in [1.82, 2.24) is 30.5 Å². The molecule has 1 aliphatic heterocycles. The van der Waals surface area contributed by atoms with E-state index in [0.717, 1.165) is 49.0 Å². The number of fused-ring (bicyclic) bond motifs is 1. The van der Waals surface area contributed by atoms with Crippen LogP contribution < -0.4 is 16.2 Å². The number of rotatable bonds is 9. The van der Waals surface area contributed by atoms with E-state index in [-0.39, 0.29) is 17.9 Å². The summed E-state index contributed by atoms with van der Waals surface area (Å²) in [5.74, 6) is -0.200. The third-order valence-electron chi connectivity index (χ3n) is 6.01. The number of hydrogen-bond donors (Lipinski definition) is 3. The minimum atomic E-state index is -0.200. The van der Waals surface area contributed by atoms with Crippen molar-refractivity contribution in [2.75, 3.05) is 13.6 Å². The Balaban J connectivity index is 1.10. The largest absolute Gasteiger partial charge is 0.332 e. The number of hydrogen-bond acceptors (Lipinski definition) is 4. The van der Waals surface area contributed by atoms with Crippen molar-refractivity contribution in [1.29, 1.82) is 0 Å². The van der Waals surface area contributed by atoms with Crippen molar-refractivity contribution < 1.29 is 9.18 Å². The molecule has 0 aliphatic carbocycles. The van der Waals surface area contributed by atoms with E-state index in [0.29, 0.717) is 24.2 Å². The lowest BCUT2D eigenvalue weighted by atomic mass is 9.99. The number of aromatic nitrogens is 2. The minimum Gasteiger partial charge on any atom is -0.332 e. The number of imidazole rings is 1. The van der Waals surface area contributed by atoms with Gasteiger partial charge in [-0.15, -0.1) is 0 Å². The van der Waals surface area contributed by atoms with Crippen LogP contribution in [0.5, 0.6) is 0 Å². The number of unbranched alkanes of at least 4 members (excludes halogenated alkanes) is 2. The van der Waals surface area contributed by atoms with Gasteiger partial charge in [0.1, 0.15) is 11.5 Å². The van der Waals surface area contributed by atoms with E-state index < -0.39 is 0 Å². The average Bonchev–Trinajstić information content (AvgIpc) is 3.43. The summed E-state index contributed by atoms with van der Waals surface area (Å²) in [6.07, 6.45) is 8.73. The summed E-state index contributed by atoms with van der Waals surface area (Å²) in [4.78, 5) is 18.6. The third kappa shape index (κ3) is 6.43. The number of nitrogens with one attached hydrogen (secondary N) is 3. The molecule has 9 heteroatoms. The summed E-state index contributed by atoms with van der Waals surface area (Å²) in [7, 11) is 1.81. The van der Waals surface area contributed by atoms with Gasteiger partial charge in [-0.25, -0.2) is 14.2 Å². The number of hydrazine groups is 1. The Morgan fingerprint density at radius 3 is 2.97 bits per heavy atom. The van der Waals surface area contributed by atoms with Crippen LogP contribution in [0.3, 0.4) is 0 Å². The number of carbonyl (C=O) groups is 1. The van der Waals surface area contributed by atoms with Crippen LogP contribution in [0.15, 0.2) is 48.8 Å². The summed E-state index contributed by atoms with van der Waals surface area (Å²) >= 11 is 6.00. The molecule has 1 aliphatic rings. The number of pyridine rings is 1. The molecule has 3 aromatic rings. The molecule has 3 heterocycles. The first-order chi connectivity index (χ1) is 16.0. The maximum atomic E-state index is 13.4. The molecule has 4 rings (SSSR count). The van der Waals surface area contributed by atoms with Crippen molar-refractivity contribution in [2.45, 2.75) is 50.7 Å². The molecule has 2 unspecified atom stereocenters. The molecule has 0 spiro atoms. The lowest BCUT2D eigenvalue weighted by molar-refractivity contribution is 0.207. The molecular weight excluding hydrogens is 443 g/mol.